The van der Waals surface area contributed by atoms with Crippen LogP contribution in [-0.4, -0.2) is 42.2 Å². The second kappa shape index (κ2) is 5.80. The van der Waals surface area contributed by atoms with Gasteiger partial charge in [-0.25, -0.2) is 0 Å². The van der Waals surface area contributed by atoms with E-state index in [9.17, 15) is 9.90 Å². The molecule has 4 heteroatoms. The third-order valence-corrected chi connectivity index (χ3v) is 5.17. The molecule has 0 saturated heterocycles. The average molecular weight is 268 g/mol. The van der Waals surface area contributed by atoms with E-state index in [1.54, 1.807) is 0 Å². The Kier molecular flexibility index (Phi) is 4.51. The molecule has 0 aromatic heterocycles. The Labute approximate surface area is 116 Å². The summed E-state index contributed by atoms with van der Waals surface area (Å²) >= 11 is 0. The molecule has 2 saturated carbocycles. The highest BCUT2D eigenvalue weighted by Crippen LogP contribution is 2.40. The predicted molar refractivity (Wildman–Crippen MR) is 75.5 cm³/mol. The summed E-state index contributed by atoms with van der Waals surface area (Å²) < 4.78 is 0. The molecule has 0 unspecified atom stereocenters. The first-order chi connectivity index (χ1) is 8.97. The molecule has 0 aromatic rings. The van der Waals surface area contributed by atoms with Gasteiger partial charge in [-0.05, 0) is 50.4 Å². The Morgan fingerprint density at radius 1 is 1.37 bits per heavy atom. The Hall–Kier alpha value is -0.610. The monoisotopic (exact) mass is 268 g/mol. The van der Waals surface area contributed by atoms with Crippen LogP contribution in [-0.2, 0) is 4.79 Å². The van der Waals surface area contributed by atoms with E-state index in [0.29, 0.717) is 12.5 Å². The number of nitrogens with zero attached hydrogens (tertiary/aromatic N) is 1. The van der Waals surface area contributed by atoms with Crippen LogP contribution >= 0.6 is 0 Å². The van der Waals surface area contributed by atoms with E-state index in [0.717, 1.165) is 51.0 Å². The zero-order chi connectivity index (χ0) is 14.0. The van der Waals surface area contributed by atoms with Gasteiger partial charge in [-0.3, -0.25) is 4.79 Å². The number of carbonyl (C=O) groups excluding carboxylic acids is 1. The SMILES string of the molecule is CC1CCC(CN)(C(=O)N(C)CC2CC(O)C2)CC1. The molecule has 0 aromatic carbocycles. The molecule has 2 aliphatic carbocycles. The fraction of sp³-hybridized carbons (Fsp3) is 0.933. The lowest BCUT2D eigenvalue weighted by Crippen LogP contribution is -2.50. The van der Waals surface area contributed by atoms with Crippen LogP contribution < -0.4 is 5.73 Å². The van der Waals surface area contributed by atoms with Crippen molar-refractivity contribution < 1.29 is 9.90 Å². The summed E-state index contributed by atoms with van der Waals surface area (Å²) in [5.74, 6) is 1.42. The largest absolute Gasteiger partial charge is 0.393 e. The molecule has 110 valence electrons. The van der Waals surface area contributed by atoms with Gasteiger partial charge in [0.05, 0.1) is 11.5 Å². The van der Waals surface area contributed by atoms with Crippen molar-refractivity contribution in [1.29, 1.82) is 0 Å². The lowest BCUT2D eigenvalue weighted by molar-refractivity contribution is -0.144. The maximum Gasteiger partial charge on any atom is 0.229 e. The topological polar surface area (TPSA) is 66.6 Å². The Bertz CT molecular complexity index is 318. The second-order valence-corrected chi connectivity index (χ2v) is 6.84. The van der Waals surface area contributed by atoms with Crippen molar-refractivity contribution in [3.8, 4) is 0 Å². The molecule has 0 atom stereocenters. The van der Waals surface area contributed by atoms with Crippen molar-refractivity contribution in [3.05, 3.63) is 0 Å². The normalized spacial score (nSPS) is 38.6. The van der Waals surface area contributed by atoms with Crippen molar-refractivity contribution in [2.24, 2.45) is 23.0 Å². The molecule has 3 N–H and O–H groups in total. The average Bonchev–Trinajstić information content (AvgIpc) is 2.37. The minimum atomic E-state index is -0.316. The molecule has 2 rings (SSSR count). The van der Waals surface area contributed by atoms with Crippen LogP contribution in [0.15, 0.2) is 0 Å². The summed E-state index contributed by atoms with van der Waals surface area (Å²) in [5.41, 5.74) is 5.62. The highest BCUT2D eigenvalue weighted by atomic mass is 16.3. The van der Waals surface area contributed by atoms with Gasteiger partial charge in [0.25, 0.3) is 0 Å². The fourth-order valence-electron chi connectivity index (χ4n) is 3.54. The number of aliphatic hydroxyl groups excluding tert-OH is 1. The first-order valence-corrected chi connectivity index (χ1v) is 7.60. The molecule has 4 nitrogen and oxygen atoms in total. The Morgan fingerprint density at radius 2 is 1.95 bits per heavy atom. The molecule has 2 aliphatic rings. The van der Waals surface area contributed by atoms with Crippen LogP contribution in [0.1, 0.15) is 45.4 Å². The summed E-state index contributed by atoms with van der Waals surface area (Å²) in [7, 11) is 1.89. The van der Waals surface area contributed by atoms with Gasteiger partial charge in [0.15, 0.2) is 0 Å². The van der Waals surface area contributed by atoms with Crippen LogP contribution in [0.25, 0.3) is 0 Å². The van der Waals surface area contributed by atoms with E-state index in [2.05, 4.69) is 6.92 Å². The van der Waals surface area contributed by atoms with Crippen LogP contribution in [0.2, 0.25) is 0 Å². The van der Waals surface area contributed by atoms with E-state index < -0.39 is 0 Å². The molecular formula is C15H28N2O2. The first kappa shape index (κ1) is 14.8. The Balaban J connectivity index is 1.92. The molecule has 0 spiro atoms. The molecule has 0 radical (unpaired) electrons. The smallest absolute Gasteiger partial charge is 0.229 e. The molecule has 1 amide bonds. The van der Waals surface area contributed by atoms with E-state index in [-0.39, 0.29) is 17.4 Å². The molecule has 2 fully saturated rings. The van der Waals surface area contributed by atoms with Gasteiger partial charge in [0.2, 0.25) is 5.91 Å². The van der Waals surface area contributed by atoms with E-state index in [4.69, 9.17) is 5.73 Å². The number of rotatable bonds is 4. The second-order valence-electron chi connectivity index (χ2n) is 6.84. The summed E-state index contributed by atoms with van der Waals surface area (Å²) in [4.78, 5) is 14.6. The van der Waals surface area contributed by atoms with E-state index >= 15 is 0 Å². The minimum Gasteiger partial charge on any atom is -0.393 e. The minimum absolute atomic E-state index is 0.146. The van der Waals surface area contributed by atoms with Crippen molar-refractivity contribution in [2.75, 3.05) is 20.1 Å². The molecule has 0 aliphatic heterocycles. The van der Waals surface area contributed by atoms with Crippen LogP contribution in [0.5, 0.6) is 0 Å². The first-order valence-electron chi connectivity index (χ1n) is 7.60. The summed E-state index contributed by atoms with van der Waals surface area (Å²) in [6, 6.07) is 0. The number of aliphatic hydroxyl groups is 1. The van der Waals surface area contributed by atoms with Gasteiger partial charge >= 0.3 is 0 Å². The third kappa shape index (κ3) is 3.11. The van der Waals surface area contributed by atoms with Gasteiger partial charge < -0.3 is 15.7 Å². The zero-order valence-corrected chi connectivity index (χ0v) is 12.3. The van der Waals surface area contributed by atoms with E-state index in [1.165, 1.54) is 0 Å². The lowest BCUT2D eigenvalue weighted by atomic mass is 9.69. The van der Waals surface area contributed by atoms with Crippen LogP contribution in [0.3, 0.4) is 0 Å². The summed E-state index contributed by atoms with van der Waals surface area (Å²) in [6.07, 6.45) is 5.61. The molecule has 19 heavy (non-hydrogen) atoms. The number of hydrogen-bond donors (Lipinski definition) is 2. The van der Waals surface area contributed by atoms with Gasteiger partial charge in [0, 0.05) is 20.1 Å². The van der Waals surface area contributed by atoms with Crippen molar-refractivity contribution in [1.82, 2.24) is 4.90 Å². The van der Waals surface area contributed by atoms with E-state index in [1.807, 2.05) is 11.9 Å². The number of amides is 1. The van der Waals surface area contributed by atoms with Gasteiger partial charge in [-0.1, -0.05) is 6.92 Å². The lowest BCUT2D eigenvalue weighted by Gasteiger charge is -2.42. The number of hydrogen-bond acceptors (Lipinski definition) is 3. The highest BCUT2D eigenvalue weighted by molar-refractivity contribution is 5.83. The van der Waals surface area contributed by atoms with Gasteiger partial charge in [-0.2, -0.15) is 0 Å². The maximum absolute atomic E-state index is 12.7. The highest BCUT2D eigenvalue weighted by Gasteiger charge is 2.42. The summed E-state index contributed by atoms with van der Waals surface area (Å²) in [6.45, 7) is 3.49. The zero-order valence-electron chi connectivity index (χ0n) is 12.3. The van der Waals surface area contributed by atoms with Gasteiger partial charge in [-0.15, -0.1) is 0 Å². The standard InChI is InChI=1S/C15H28N2O2/c1-11-3-5-15(10-16,6-4-11)14(19)17(2)9-12-7-13(18)8-12/h11-13,18H,3-10,16H2,1-2H3. The van der Waals surface area contributed by atoms with Crippen LogP contribution in [0.4, 0.5) is 0 Å². The Morgan fingerprint density at radius 3 is 2.42 bits per heavy atom. The number of carbonyl (C=O) groups is 1. The van der Waals surface area contributed by atoms with Crippen molar-refractivity contribution >= 4 is 5.91 Å². The predicted octanol–water partition coefficient (Wildman–Crippen LogP) is 1.37. The van der Waals surface area contributed by atoms with Crippen molar-refractivity contribution in [3.63, 3.8) is 0 Å². The third-order valence-electron chi connectivity index (χ3n) is 5.17. The maximum atomic E-state index is 12.7. The molecule has 0 bridgehead atoms. The van der Waals surface area contributed by atoms with Gasteiger partial charge in [0.1, 0.15) is 0 Å². The van der Waals surface area contributed by atoms with Crippen molar-refractivity contribution in [2.45, 2.75) is 51.6 Å². The summed E-state index contributed by atoms with van der Waals surface area (Å²) in [5, 5.41) is 9.32. The van der Waals surface area contributed by atoms with Crippen LogP contribution in [0, 0.1) is 17.3 Å². The molecular weight excluding hydrogens is 240 g/mol. The quantitative estimate of drug-likeness (QED) is 0.809. The molecule has 0 heterocycles. The number of nitrogens with two attached hydrogens (primary N) is 1. The fourth-order valence-corrected chi connectivity index (χ4v) is 3.54.